The molecule has 2 nitrogen and oxygen atoms in total. The Hall–Kier alpha value is -1.41. The van der Waals surface area contributed by atoms with E-state index in [-0.39, 0.29) is 24.8 Å². The Morgan fingerprint density at radius 1 is 1.04 bits per heavy atom. The van der Waals surface area contributed by atoms with E-state index < -0.39 is 23.2 Å². The third kappa shape index (κ3) is 3.53. The van der Waals surface area contributed by atoms with Crippen LogP contribution in [-0.2, 0) is 23.2 Å². The van der Waals surface area contributed by atoms with Gasteiger partial charge in [0, 0.05) is 0 Å². The maximum absolute atomic E-state index is 4.62. The number of imidazole rings is 1. The van der Waals surface area contributed by atoms with Crippen LogP contribution in [0.1, 0.15) is 28.1 Å². The zero-order chi connectivity index (χ0) is 16.8. The van der Waals surface area contributed by atoms with Crippen LogP contribution in [0.4, 0.5) is 0 Å². The molecule has 0 spiro atoms. The standard InChI is InChI=1S/C16H11N2.C6H7.2ClH.Zr/c1-2-6-13-10-14(9-12(13)5-1)18-11-17-15-7-3-4-8-16(15)18;1-6-4-2-3-5-6;;;/h1-11H;2,4H,3H2,1H3;2*1H;/q;;;;+2/p-2. The maximum Gasteiger partial charge on any atom is -1.00 e. The van der Waals surface area contributed by atoms with Crippen LogP contribution < -0.4 is 24.8 Å². The van der Waals surface area contributed by atoms with Crippen molar-refractivity contribution < 1.29 is 48.0 Å². The summed E-state index contributed by atoms with van der Waals surface area (Å²) in [6, 6.07) is 17.3. The molecule has 0 aliphatic heterocycles. The van der Waals surface area contributed by atoms with Crippen LogP contribution in [0.2, 0.25) is 0 Å². The fourth-order valence-corrected chi connectivity index (χ4v) is 7.93. The van der Waals surface area contributed by atoms with Gasteiger partial charge in [-0.2, -0.15) is 0 Å². The maximum atomic E-state index is 4.62. The van der Waals surface area contributed by atoms with E-state index in [2.05, 4.69) is 83.2 Å². The van der Waals surface area contributed by atoms with Crippen molar-refractivity contribution in [1.82, 2.24) is 9.55 Å². The minimum Gasteiger partial charge on any atom is -1.00 e. The van der Waals surface area contributed by atoms with E-state index in [0.29, 0.717) is 3.63 Å². The van der Waals surface area contributed by atoms with Gasteiger partial charge in [0.15, 0.2) is 0 Å². The number of aromatic nitrogens is 2. The molecule has 1 aromatic heterocycles. The molecular formula is C22H18Cl2N2Zr. The molecule has 2 aromatic carbocycles. The van der Waals surface area contributed by atoms with Crippen LogP contribution in [0, 0.1) is 0 Å². The van der Waals surface area contributed by atoms with Gasteiger partial charge in [0.25, 0.3) is 0 Å². The van der Waals surface area contributed by atoms with Gasteiger partial charge in [-0.05, 0) is 0 Å². The molecule has 0 radical (unpaired) electrons. The number of hydrogen-bond acceptors (Lipinski definition) is 1. The zero-order valence-corrected chi connectivity index (χ0v) is 18.8. The van der Waals surface area contributed by atoms with Gasteiger partial charge in [-0.25, -0.2) is 0 Å². The number of para-hydroxylation sites is 2. The third-order valence-corrected chi connectivity index (χ3v) is 9.65. The first kappa shape index (κ1) is 20.3. The number of allylic oxidation sites excluding steroid dienone is 5. The summed E-state index contributed by atoms with van der Waals surface area (Å²) in [5, 5.41) is 0. The molecule has 2 aliphatic rings. The first-order valence-corrected chi connectivity index (χ1v) is 11.3. The van der Waals surface area contributed by atoms with E-state index in [9.17, 15) is 0 Å². The molecule has 2 aliphatic carbocycles. The van der Waals surface area contributed by atoms with Crippen LogP contribution in [0.5, 0.6) is 0 Å². The Bertz CT molecular complexity index is 1080. The van der Waals surface area contributed by atoms with Crippen molar-refractivity contribution in [3.05, 3.63) is 87.0 Å². The van der Waals surface area contributed by atoms with Crippen molar-refractivity contribution in [3.63, 3.8) is 0 Å². The summed E-state index contributed by atoms with van der Waals surface area (Å²) in [5.41, 5.74) is 8.08. The largest absolute Gasteiger partial charge is 1.00 e. The topological polar surface area (TPSA) is 17.8 Å². The molecule has 1 unspecified atom stereocenters. The molecule has 0 N–H and O–H groups in total. The van der Waals surface area contributed by atoms with Crippen molar-refractivity contribution in [3.8, 4) is 0 Å². The van der Waals surface area contributed by atoms with Crippen LogP contribution in [0.3, 0.4) is 0 Å². The van der Waals surface area contributed by atoms with Gasteiger partial charge < -0.3 is 24.8 Å². The Labute approximate surface area is 183 Å². The molecule has 5 heteroatoms. The predicted molar refractivity (Wildman–Crippen MR) is 99.5 cm³/mol. The first-order valence-electron chi connectivity index (χ1n) is 8.67. The van der Waals surface area contributed by atoms with E-state index in [1.165, 1.54) is 27.9 Å². The van der Waals surface area contributed by atoms with Crippen molar-refractivity contribution in [2.24, 2.45) is 0 Å². The number of fused-ring (bicyclic) bond motifs is 2. The van der Waals surface area contributed by atoms with E-state index in [4.69, 9.17) is 0 Å². The Kier molecular flexibility index (Phi) is 6.26. The van der Waals surface area contributed by atoms with Crippen LogP contribution >= 0.6 is 0 Å². The third-order valence-electron chi connectivity index (χ3n) is 5.12. The second kappa shape index (κ2) is 8.31. The van der Waals surface area contributed by atoms with Crippen LogP contribution in [-0.4, -0.2) is 9.55 Å². The Morgan fingerprint density at radius 3 is 2.63 bits per heavy atom. The fraction of sp³-hybridized carbons (Fsp3) is 0.136. The average Bonchev–Trinajstić information content (AvgIpc) is 3.33. The van der Waals surface area contributed by atoms with Crippen molar-refractivity contribution in [1.29, 1.82) is 0 Å². The smallest absolute Gasteiger partial charge is 1.00 e. The number of rotatable bonds is 3. The minimum atomic E-state index is -0.765. The second-order valence-corrected chi connectivity index (χ2v) is 10.3. The van der Waals surface area contributed by atoms with Gasteiger partial charge in [0.05, 0.1) is 0 Å². The molecule has 134 valence electrons. The fourth-order valence-electron chi connectivity index (χ4n) is 3.79. The predicted octanol–water partition coefficient (Wildman–Crippen LogP) is -0.586. The molecule has 0 saturated heterocycles. The monoisotopic (exact) mass is 470 g/mol. The molecule has 0 bridgehead atoms. The van der Waals surface area contributed by atoms with Crippen LogP contribution in [0.15, 0.2) is 75.9 Å². The quantitative estimate of drug-likeness (QED) is 0.499. The summed E-state index contributed by atoms with van der Waals surface area (Å²) < 4.78 is 4.60. The number of nitrogens with zero attached hydrogens (tertiary/aromatic N) is 2. The Morgan fingerprint density at radius 2 is 1.81 bits per heavy atom. The number of benzene rings is 2. The van der Waals surface area contributed by atoms with Gasteiger partial charge in [0.1, 0.15) is 0 Å². The summed E-state index contributed by atoms with van der Waals surface area (Å²) in [7, 11) is 0. The van der Waals surface area contributed by atoms with Crippen molar-refractivity contribution in [2.45, 2.75) is 17.0 Å². The molecule has 27 heavy (non-hydrogen) atoms. The van der Waals surface area contributed by atoms with Gasteiger partial charge >= 0.3 is 160 Å². The van der Waals surface area contributed by atoms with Gasteiger partial charge in [-0.15, -0.1) is 0 Å². The second-order valence-electron chi connectivity index (χ2n) is 6.65. The van der Waals surface area contributed by atoms with Gasteiger partial charge in [-0.1, -0.05) is 0 Å². The molecule has 1 heterocycles. The Balaban J connectivity index is 0.00000105. The molecule has 1 atom stereocenters. The summed E-state index contributed by atoms with van der Waals surface area (Å²) in [5.74, 6) is 0. The summed E-state index contributed by atoms with van der Waals surface area (Å²) >= 11 is -0.765. The van der Waals surface area contributed by atoms with E-state index in [0.717, 1.165) is 11.9 Å². The van der Waals surface area contributed by atoms with Crippen molar-refractivity contribution in [2.75, 3.05) is 0 Å². The minimum absolute atomic E-state index is 0. The number of halogens is 2. The normalized spacial score (nSPS) is 17.2. The summed E-state index contributed by atoms with van der Waals surface area (Å²) in [6.07, 6.45) is 10.2. The number of hydrogen-bond donors (Lipinski definition) is 0. The summed E-state index contributed by atoms with van der Waals surface area (Å²) in [6.45, 7) is 2.27. The molecule has 0 amide bonds. The van der Waals surface area contributed by atoms with E-state index in [1.807, 2.05) is 6.33 Å². The summed E-state index contributed by atoms with van der Waals surface area (Å²) in [4.78, 5) is 4.62. The van der Waals surface area contributed by atoms with E-state index in [1.54, 1.807) is 3.28 Å². The molecule has 0 fully saturated rings. The average molecular weight is 473 g/mol. The van der Waals surface area contributed by atoms with Crippen molar-refractivity contribution >= 4 is 22.8 Å². The SMILES string of the molecule is CC1=[C]([Zr+2][CH]2C(n3cnc4ccccc43)=Cc3ccccc32)CC=C1.[Cl-].[Cl-]. The van der Waals surface area contributed by atoms with Gasteiger partial charge in [0.2, 0.25) is 0 Å². The zero-order valence-electron chi connectivity index (χ0n) is 14.9. The molecular weight excluding hydrogens is 454 g/mol. The molecule has 3 aromatic rings. The first-order chi connectivity index (χ1) is 12.3. The molecule has 5 rings (SSSR count). The molecule has 0 saturated carbocycles. The van der Waals surface area contributed by atoms with E-state index >= 15 is 0 Å². The van der Waals surface area contributed by atoms with Gasteiger partial charge in [-0.3, -0.25) is 0 Å². The van der Waals surface area contributed by atoms with Crippen LogP contribution in [0.25, 0.3) is 22.8 Å².